The Labute approximate surface area is 173 Å². The summed E-state index contributed by atoms with van der Waals surface area (Å²) in [5, 5.41) is 10.2. The molecule has 0 aromatic heterocycles. The van der Waals surface area contributed by atoms with Crippen LogP contribution < -0.4 is 0 Å². The summed E-state index contributed by atoms with van der Waals surface area (Å²) in [6.07, 6.45) is 1.46. The van der Waals surface area contributed by atoms with Gasteiger partial charge in [0.25, 0.3) is 0 Å². The summed E-state index contributed by atoms with van der Waals surface area (Å²) >= 11 is 0. The monoisotopic (exact) mass is 387 g/mol. The summed E-state index contributed by atoms with van der Waals surface area (Å²) in [4.78, 5) is 15.5. The van der Waals surface area contributed by atoms with Crippen LogP contribution in [0.4, 0.5) is 0 Å². The van der Waals surface area contributed by atoms with E-state index in [0.29, 0.717) is 13.0 Å². The third-order valence-corrected chi connectivity index (χ3v) is 5.38. The van der Waals surface area contributed by atoms with E-state index in [-0.39, 0.29) is 24.5 Å². The largest absolute Gasteiger partial charge is 0.394 e. The van der Waals surface area contributed by atoms with Crippen molar-refractivity contribution in [3.05, 3.63) is 108 Å². The molecule has 1 amide bonds. The van der Waals surface area contributed by atoms with Gasteiger partial charge in [-0.25, -0.2) is 0 Å². The van der Waals surface area contributed by atoms with E-state index in [9.17, 15) is 9.90 Å². The molecule has 0 bridgehead atoms. The van der Waals surface area contributed by atoms with Gasteiger partial charge < -0.3 is 10.0 Å². The normalized spacial score (nSPS) is 12.9. The van der Waals surface area contributed by atoms with E-state index in [1.807, 2.05) is 83.8 Å². The van der Waals surface area contributed by atoms with Gasteiger partial charge in [-0.15, -0.1) is 0 Å². The lowest BCUT2D eigenvalue weighted by molar-refractivity contribution is -0.140. The van der Waals surface area contributed by atoms with Gasteiger partial charge in [-0.2, -0.15) is 0 Å². The Kier molecular flexibility index (Phi) is 7.60. The molecular formula is C26H29NO2. The number of rotatable bonds is 9. The zero-order chi connectivity index (χ0) is 20.5. The van der Waals surface area contributed by atoms with Gasteiger partial charge in [-0.05, 0) is 29.5 Å². The molecule has 0 saturated carbocycles. The van der Waals surface area contributed by atoms with E-state index in [0.717, 1.165) is 23.1 Å². The zero-order valence-electron chi connectivity index (χ0n) is 16.9. The molecule has 0 spiro atoms. The summed E-state index contributed by atoms with van der Waals surface area (Å²) < 4.78 is 0. The van der Waals surface area contributed by atoms with E-state index in [2.05, 4.69) is 19.1 Å². The lowest BCUT2D eigenvalue weighted by atomic mass is 9.93. The molecule has 0 unspecified atom stereocenters. The molecule has 0 fully saturated rings. The second kappa shape index (κ2) is 10.6. The molecule has 0 aliphatic heterocycles. The van der Waals surface area contributed by atoms with E-state index >= 15 is 0 Å². The molecule has 0 heterocycles. The Hall–Kier alpha value is -2.91. The number of carbonyl (C=O) groups excluding carboxylic acids is 1. The summed E-state index contributed by atoms with van der Waals surface area (Å²) in [6.45, 7) is 2.43. The Morgan fingerprint density at radius 3 is 1.86 bits per heavy atom. The number of nitrogens with zero attached hydrogens (tertiary/aromatic N) is 1. The molecular weight excluding hydrogens is 358 g/mol. The molecule has 3 heteroatoms. The van der Waals surface area contributed by atoms with Crippen LogP contribution in [-0.2, 0) is 17.8 Å². The van der Waals surface area contributed by atoms with Gasteiger partial charge in [-0.1, -0.05) is 97.9 Å². The van der Waals surface area contributed by atoms with Gasteiger partial charge in [0.1, 0.15) is 0 Å². The quantitative estimate of drug-likeness (QED) is 0.560. The van der Waals surface area contributed by atoms with Gasteiger partial charge in [0.15, 0.2) is 0 Å². The van der Waals surface area contributed by atoms with Crippen molar-refractivity contribution < 1.29 is 9.90 Å². The van der Waals surface area contributed by atoms with Gasteiger partial charge in [0, 0.05) is 12.5 Å². The van der Waals surface area contributed by atoms with Crippen molar-refractivity contribution in [2.24, 2.45) is 5.92 Å². The second-order valence-electron chi connectivity index (χ2n) is 7.36. The zero-order valence-corrected chi connectivity index (χ0v) is 16.9. The molecule has 29 heavy (non-hydrogen) atoms. The molecule has 3 nitrogen and oxygen atoms in total. The Bertz CT molecular complexity index is 865. The molecule has 1 N–H and O–H groups in total. The fraction of sp³-hybridized carbons (Fsp3) is 0.269. The lowest BCUT2D eigenvalue weighted by Gasteiger charge is -2.34. The lowest BCUT2D eigenvalue weighted by Crippen LogP contribution is -2.40. The number of hydrogen-bond donors (Lipinski definition) is 1. The van der Waals surface area contributed by atoms with Crippen molar-refractivity contribution in [2.75, 3.05) is 6.61 Å². The standard InChI is InChI=1S/C26H29NO2/c1-2-23(18-21-12-6-3-7-13-21)26(29)27(19-22-14-8-4-9-15-22)25(20-28)24-16-10-5-11-17-24/h3-17,23,25,28H,2,18-20H2,1H3/t23-,25-/m0/s1. The topological polar surface area (TPSA) is 40.5 Å². The Morgan fingerprint density at radius 1 is 0.828 bits per heavy atom. The fourth-order valence-electron chi connectivity index (χ4n) is 3.72. The molecule has 0 radical (unpaired) electrons. The van der Waals surface area contributed by atoms with Crippen molar-refractivity contribution in [2.45, 2.75) is 32.4 Å². The molecule has 3 rings (SSSR count). The maximum atomic E-state index is 13.7. The minimum absolute atomic E-state index is 0.0862. The number of aliphatic hydroxyl groups is 1. The minimum atomic E-state index is -0.367. The summed E-state index contributed by atoms with van der Waals surface area (Å²) in [6, 6.07) is 29.6. The molecule has 0 aliphatic carbocycles. The van der Waals surface area contributed by atoms with E-state index < -0.39 is 0 Å². The van der Waals surface area contributed by atoms with Crippen molar-refractivity contribution in [3.63, 3.8) is 0 Å². The third-order valence-electron chi connectivity index (χ3n) is 5.38. The molecule has 0 saturated heterocycles. The first-order valence-corrected chi connectivity index (χ1v) is 10.3. The highest BCUT2D eigenvalue weighted by atomic mass is 16.3. The number of benzene rings is 3. The average Bonchev–Trinajstić information content (AvgIpc) is 2.79. The summed E-state index contributed by atoms with van der Waals surface area (Å²) in [5.74, 6) is -0.0398. The number of carbonyl (C=O) groups is 1. The first kappa shape index (κ1) is 20.8. The highest BCUT2D eigenvalue weighted by Crippen LogP contribution is 2.27. The van der Waals surface area contributed by atoms with Crippen LogP contribution in [0, 0.1) is 5.92 Å². The van der Waals surface area contributed by atoms with Crippen molar-refractivity contribution in [1.82, 2.24) is 4.90 Å². The van der Waals surface area contributed by atoms with Crippen LogP contribution in [0.2, 0.25) is 0 Å². The first-order chi connectivity index (χ1) is 14.2. The SMILES string of the molecule is CC[C@@H](Cc1ccccc1)C(=O)N(Cc1ccccc1)[C@@H](CO)c1ccccc1. The van der Waals surface area contributed by atoms with Gasteiger partial charge in [0.2, 0.25) is 5.91 Å². The minimum Gasteiger partial charge on any atom is -0.394 e. The first-order valence-electron chi connectivity index (χ1n) is 10.3. The number of amides is 1. The highest BCUT2D eigenvalue weighted by Gasteiger charge is 2.29. The number of hydrogen-bond acceptors (Lipinski definition) is 2. The maximum Gasteiger partial charge on any atom is 0.226 e. The van der Waals surface area contributed by atoms with Crippen LogP contribution in [0.1, 0.15) is 36.1 Å². The van der Waals surface area contributed by atoms with Crippen LogP contribution in [0.5, 0.6) is 0 Å². The van der Waals surface area contributed by atoms with Crippen LogP contribution in [0.15, 0.2) is 91.0 Å². The second-order valence-corrected chi connectivity index (χ2v) is 7.36. The summed E-state index contributed by atoms with van der Waals surface area (Å²) in [5.41, 5.74) is 3.17. The van der Waals surface area contributed by atoms with Gasteiger partial charge >= 0.3 is 0 Å². The molecule has 3 aromatic rings. The van der Waals surface area contributed by atoms with Crippen LogP contribution in [0.3, 0.4) is 0 Å². The smallest absolute Gasteiger partial charge is 0.226 e. The van der Waals surface area contributed by atoms with E-state index in [4.69, 9.17) is 0 Å². The molecule has 150 valence electrons. The third kappa shape index (κ3) is 5.55. The fourth-order valence-corrected chi connectivity index (χ4v) is 3.72. The van der Waals surface area contributed by atoms with Gasteiger partial charge in [0.05, 0.1) is 12.6 Å². The molecule has 3 aromatic carbocycles. The van der Waals surface area contributed by atoms with Crippen molar-refractivity contribution in [3.8, 4) is 0 Å². The van der Waals surface area contributed by atoms with Crippen LogP contribution >= 0.6 is 0 Å². The molecule has 0 aliphatic rings. The summed E-state index contributed by atoms with van der Waals surface area (Å²) in [7, 11) is 0. The van der Waals surface area contributed by atoms with Crippen LogP contribution in [0.25, 0.3) is 0 Å². The van der Waals surface area contributed by atoms with E-state index in [1.165, 1.54) is 0 Å². The predicted molar refractivity (Wildman–Crippen MR) is 117 cm³/mol. The maximum absolute atomic E-state index is 13.7. The Balaban J connectivity index is 1.90. The average molecular weight is 388 g/mol. The van der Waals surface area contributed by atoms with Gasteiger partial charge in [-0.3, -0.25) is 4.79 Å². The predicted octanol–water partition coefficient (Wildman–Crippen LogP) is 5.02. The van der Waals surface area contributed by atoms with Crippen LogP contribution in [-0.4, -0.2) is 22.5 Å². The van der Waals surface area contributed by atoms with E-state index in [1.54, 1.807) is 0 Å². The highest BCUT2D eigenvalue weighted by molar-refractivity contribution is 5.79. The number of aliphatic hydroxyl groups excluding tert-OH is 1. The Morgan fingerprint density at radius 2 is 1.34 bits per heavy atom. The van der Waals surface area contributed by atoms with Crippen molar-refractivity contribution >= 4 is 5.91 Å². The van der Waals surface area contributed by atoms with Crippen molar-refractivity contribution in [1.29, 1.82) is 0 Å². The molecule has 2 atom stereocenters.